The minimum Gasteiger partial charge on any atom is -0.389 e. The van der Waals surface area contributed by atoms with Crippen molar-refractivity contribution in [2.75, 3.05) is 24.7 Å². The van der Waals surface area contributed by atoms with Crippen LogP contribution in [0.1, 0.15) is 5.56 Å². The minimum absolute atomic E-state index is 0.184. The number of rotatable bonds is 5. The molecule has 0 saturated heterocycles. The zero-order valence-electron chi connectivity index (χ0n) is 11.1. The fraction of sp³-hybridized carbons (Fsp3) is 0.214. The summed E-state index contributed by atoms with van der Waals surface area (Å²) in [5.74, 6) is 0.591. The van der Waals surface area contributed by atoms with Crippen molar-refractivity contribution in [1.29, 1.82) is 0 Å². The van der Waals surface area contributed by atoms with Crippen molar-refractivity contribution < 1.29 is 9.90 Å². The van der Waals surface area contributed by atoms with Crippen LogP contribution in [0, 0.1) is 0 Å². The van der Waals surface area contributed by atoms with Gasteiger partial charge in [0.2, 0.25) is 5.95 Å². The normalized spacial score (nSPS) is 10.3. The van der Waals surface area contributed by atoms with Crippen molar-refractivity contribution in [3.8, 4) is 11.3 Å². The predicted octanol–water partition coefficient (Wildman–Crippen LogP) is 0.871. The Morgan fingerprint density at radius 3 is 2.85 bits per heavy atom. The van der Waals surface area contributed by atoms with E-state index >= 15 is 0 Å². The summed E-state index contributed by atoms with van der Waals surface area (Å²) >= 11 is 0. The van der Waals surface area contributed by atoms with Gasteiger partial charge in [0.15, 0.2) is 5.78 Å². The summed E-state index contributed by atoms with van der Waals surface area (Å²) in [6.45, 7) is -0.450. The first-order valence-electron chi connectivity index (χ1n) is 6.16. The molecule has 20 heavy (non-hydrogen) atoms. The van der Waals surface area contributed by atoms with Gasteiger partial charge >= 0.3 is 0 Å². The molecule has 0 aliphatic carbocycles. The maximum absolute atomic E-state index is 11.3. The fourth-order valence-electron chi connectivity index (χ4n) is 1.87. The maximum Gasteiger partial charge on any atom is 0.222 e. The highest BCUT2D eigenvalue weighted by atomic mass is 16.3. The Morgan fingerprint density at radius 2 is 2.15 bits per heavy atom. The molecule has 0 spiro atoms. The van der Waals surface area contributed by atoms with Gasteiger partial charge < -0.3 is 16.2 Å². The van der Waals surface area contributed by atoms with Gasteiger partial charge in [0, 0.05) is 25.1 Å². The molecule has 2 aromatic rings. The second-order valence-corrected chi connectivity index (χ2v) is 4.32. The molecule has 0 aliphatic heterocycles. The quantitative estimate of drug-likeness (QED) is 0.746. The van der Waals surface area contributed by atoms with Crippen LogP contribution in [0.3, 0.4) is 0 Å². The number of aromatic nitrogens is 2. The SMILES string of the molecule is CNc1cc(-c2cccc(CC(=O)CO)c2)nc(N)n1. The van der Waals surface area contributed by atoms with Crippen LogP contribution in [0.5, 0.6) is 0 Å². The molecule has 104 valence electrons. The number of hydrogen-bond acceptors (Lipinski definition) is 6. The number of benzene rings is 1. The third-order valence-corrected chi connectivity index (χ3v) is 2.80. The van der Waals surface area contributed by atoms with Gasteiger partial charge in [0.1, 0.15) is 12.4 Å². The van der Waals surface area contributed by atoms with E-state index in [-0.39, 0.29) is 18.2 Å². The van der Waals surface area contributed by atoms with Gasteiger partial charge in [-0.05, 0) is 11.6 Å². The molecule has 0 radical (unpaired) electrons. The highest BCUT2D eigenvalue weighted by molar-refractivity contribution is 5.82. The summed E-state index contributed by atoms with van der Waals surface area (Å²) < 4.78 is 0. The van der Waals surface area contributed by atoms with Crippen molar-refractivity contribution in [2.45, 2.75) is 6.42 Å². The molecule has 0 atom stereocenters. The van der Waals surface area contributed by atoms with E-state index in [0.717, 1.165) is 11.1 Å². The fourth-order valence-corrected chi connectivity index (χ4v) is 1.87. The number of anilines is 2. The van der Waals surface area contributed by atoms with Gasteiger partial charge in [0.05, 0.1) is 5.69 Å². The number of aliphatic hydroxyl groups excluding tert-OH is 1. The number of nitrogen functional groups attached to an aromatic ring is 1. The van der Waals surface area contributed by atoms with Crippen LogP contribution in [-0.2, 0) is 11.2 Å². The van der Waals surface area contributed by atoms with E-state index in [0.29, 0.717) is 11.5 Å². The van der Waals surface area contributed by atoms with Crippen molar-refractivity contribution >= 4 is 17.5 Å². The molecule has 0 fully saturated rings. The van der Waals surface area contributed by atoms with Gasteiger partial charge in [-0.3, -0.25) is 4.79 Å². The molecule has 4 N–H and O–H groups in total. The van der Waals surface area contributed by atoms with Crippen LogP contribution in [0.2, 0.25) is 0 Å². The standard InChI is InChI=1S/C14H16N4O2/c1-16-13-7-12(17-14(15)18-13)10-4-2-3-9(5-10)6-11(20)8-19/h2-5,7,19H,6,8H2,1H3,(H3,15,16,17,18). The lowest BCUT2D eigenvalue weighted by Crippen LogP contribution is -2.07. The largest absolute Gasteiger partial charge is 0.389 e. The zero-order chi connectivity index (χ0) is 14.5. The average Bonchev–Trinajstić information content (AvgIpc) is 2.46. The minimum atomic E-state index is -0.450. The highest BCUT2D eigenvalue weighted by Gasteiger charge is 2.07. The molecule has 0 bridgehead atoms. The Morgan fingerprint density at radius 1 is 1.35 bits per heavy atom. The van der Waals surface area contributed by atoms with Crippen molar-refractivity contribution in [1.82, 2.24) is 9.97 Å². The van der Waals surface area contributed by atoms with E-state index in [9.17, 15) is 4.79 Å². The maximum atomic E-state index is 11.3. The number of nitrogens with zero attached hydrogens (tertiary/aromatic N) is 2. The number of carbonyl (C=O) groups excluding carboxylic acids is 1. The van der Waals surface area contributed by atoms with Crippen LogP contribution in [-0.4, -0.2) is 34.5 Å². The molecule has 1 aromatic heterocycles. The number of nitrogens with one attached hydrogen (secondary N) is 1. The monoisotopic (exact) mass is 272 g/mol. The molecule has 1 heterocycles. The first kappa shape index (κ1) is 14.0. The molecule has 0 aliphatic rings. The Labute approximate surface area is 116 Å². The third kappa shape index (κ3) is 3.30. The molecule has 0 amide bonds. The summed E-state index contributed by atoms with van der Waals surface area (Å²) in [7, 11) is 1.75. The van der Waals surface area contributed by atoms with E-state index < -0.39 is 6.61 Å². The first-order valence-corrected chi connectivity index (χ1v) is 6.16. The molecule has 2 rings (SSSR count). The Hall–Kier alpha value is -2.47. The molecular weight excluding hydrogens is 256 g/mol. The van der Waals surface area contributed by atoms with Gasteiger partial charge in [0.25, 0.3) is 0 Å². The van der Waals surface area contributed by atoms with E-state index in [2.05, 4.69) is 15.3 Å². The Balaban J connectivity index is 2.35. The van der Waals surface area contributed by atoms with Crippen LogP contribution in [0.4, 0.5) is 11.8 Å². The number of nitrogens with two attached hydrogens (primary N) is 1. The Kier molecular flexibility index (Phi) is 4.27. The van der Waals surface area contributed by atoms with Crippen molar-refractivity contribution in [2.24, 2.45) is 0 Å². The summed E-state index contributed by atoms with van der Waals surface area (Å²) in [6, 6.07) is 9.19. The van der Waals surface area contributed by atoms with Gasteiger partial charge in [-0.2, -0.15) is 4.98 Å². The predicted molar refractivity (Wildman–Crippen MR) is 77.2 cm³/mol. The number of Topliss-reactive ketones (excluding diaryl/α,β-unsaturated/α-hetero) is 1. The molecular formula is C14H16N4O2. The number of hydrogen-bond donors (Lipinski definition) is 3. The van der Waals surface area contributed by atoms with Crippen LogP contribution >= 0.6 is 0 Å². The lowest BCUT2D eigenvalue weighted by molar-refractivity contribution is -0.121. The van der Waals surface area contributed by atoms with Gasteiger partial charge in [-0.15, -0.1) is 0 Å². The molecule has 0 saturated carbocycles. The lowest BCUT2D eigenvalue weighted by Gasteiger charge is -2.07. The molecule has 6 nitrogen and oxygen atoms in total. The Bertz CT molecular complexity index is 628. The number of ketones is 1. The van der Waals surface area contributed by atoms with Gasteiger partial charge in [-0.1, -0.05) is 18.2 Å². The van der Waals surface area contributed by atoms with Crippen molar-refractivity contribution in [3.05, 3.63) is 35.9 Å². The molecule has 6 heteroatoms. The van der Waals surface area contributed by atoms with E-state index in [1.165, 1.54) is 0 Å². The average molecular weight is 272 g/mol. The van der Waals surface area contributed by atoms with Crippen molar-refractivity contribution in [3.63, 3.8) is 0 Å². The summed E-state index contributed by atoms with van der Waals surface area (Å²) in [4.78, 5) is 19.5. The van der Waals surface area contributed by atoms with E-state index in [1.807, 2.05) is 24.3 Å². The lowest BCUT2D eigenvalue weighted by atomic mass is 10.0. The molecule has 0 unspecified atom stereocenters. The zero-order valence-corrected chi connectivity index (χ0v) is 11.1. The van der Waals surface area contributed by atoms with E-state index in [4.69, 9.17) is 10.8 Å². The highest BCUT2D eigenvalue weighted by Crippen LogP contribution is 2.21. The number of carbonyl (C=O) groups is 1. The van der Waals surface area contributed by atoms with Gasteiger partial charge in [-0.25, -0.2) is 4.98 Å². The van der Waals surface area contributed by atoms with Crippen LogP contribution in [0.15, 0.2) is 30.3 Å². The van der Waals surface area contributed by atoms with Crippen LogP contribution in [0.25, 0.3) is 11.3 Å². The topological polar surface area (TPSA) is 101 Å². The second kappa shape index (κ2) is 6.12. The second-order valence-electron chi connectivity index (χ2n) is 4.32. The van der Waals surface area contributed by atoms with E-state index in [1.54, 1.807) is 13.1 Å². The summed E-state index contributed by atoms with van der Waals surface area (Å²) in [6.07, 6.45) is 0.198. The first-order chi connectivity index (χ1) is 9.62. The van der Waals surface area contributed by atoms with Crippen LogP contribution < -0.4 is 11.1 Å². The third-order valence-electron chi connectivity index (χ3n) is 2.80. The smallest absolute Gasteiger partial charge is 0.222 e. The number of aliphatic hydroxyl groups is 1. The summed E-state index contributed by atoms with van der Waals surface area (Å²) in [5, 5.41) is 11.7. The molecule has 1 aromatic carbocycles. The summed E-state index contributed by atoms with van der Waals surface area (Å²) in [5.41, 5.74) is 8.01.